The van der Waals surface area contributed by atoms with Gasteiger partial charge in [0.15, 0.2) is 15.7 Å². The van der Waals surface area contributed by atoms with Crippen molar-refractivity contribution in [2.45, 2.75) is 69.6 Å². The number of benzene rings is 2. The van der Waals surface area contributed by atoms with Crippen LogP contribution in [0, 0.1) is 6.92 Å². The number of halogens is 1. The van der Waals surface area contributed by atoms with Gasteiger partial charge in [0.1, 0.15) is 10.8 Å². The summed E-state index contributed by atoms with van der Waals surface area (Å²) in [5.41, 5.74) is 6.52. The molecule has 5 rings (SSSR count). The Morgan fingerprint density at radius 1 is 1.07 bits per heavy atom. The first-order valence-electron chi connectivity index (χ1n) is 13.8. The highest BCUT2D eigenvalue weighted by Gasteiger charge is 2.28. The maximum atomic E-state index is 12.9. The third kappa shape index (κ3) is 6.51. The fourth-order valence-electron chi connectivity index (χ4n) is 5.00. The molecule has 41 heavy (non-hydrogen) atoms. The quantitative estimate of drug-likeness (QED) is 0.274. The summed E-state index contributed by atoms with van der Waals surface area (Å²) in [5.74, 6) is 2.73. The number of guanidine groups is 1. The summed E-state index contributed by atoms with van der Waals surface area (Å²) in [6, 6.07) is 10.9. The molecule has 2 aliphatic rings. The Morgan fingerprint density at radius 3 is 2.44 bits per heavy atom. The van der Waals surface area contributed by atoms with Crippen LogP contribution >= 0.6 is 11.6 Å². The molecule has 2 aromatic carbocycles. The van der Waals surface area contributed by atoms with E-state index < -0.39 is 15.1 Å². The molecule has 0 spiro atoms. The number of hydrogen-bond donors (Lipinski definition) is 3. The number of aromatic nitrogens is 2. The number of anilines is 4. The second-order valence-corrected chi connectivity index (χ2v) is 13.8. The lowest BCUT2D eigenvalue weighted by Crippen LogP contribution is -2.36. The minimum Gasteiger partial charge on any atom is -0.489 e. The van der Waals surface area contributed by atoms with Crippen LogP contribution in [0.15, 0.2) is 52.6 Å². The number of ether oxygens (including phenoxy) is 1. The zero-order valence-corrected chi connectivity index (χ0v) is 25.5. The van der Waals surface area contributed by atoms with E-state index in [1.165, 1.54) is 11.8 Å². The second-order valence-electron chi connectivity index (χ2n) is 10.9. The van der Waals surface area contributed by atoms with Gasteiger partial charge in [0.2, 0.25) is 11.9 Å². The maximum Gasteiger partial charge on any atom is 0.237 e. The van der Waals surface area contributed by atoms with Gasteiger partial charge in [0.25, 0.3) is 0 Å². The van der Waals surface area contributed by atoms with E-state index in [-0.39, 0.29) is 21.8 Å². The normalized spacial score (nSPS) is 15.5. The molecular weight excluding hydrogens is 562 g/mol. The minimum absolute atomic E-state index is 0.0327. The van der Waals surface area contributed by atoms with Crippen molar-refractivity contribution < 1.29 is 13.2 Å². The first-order chi connectivity index (χ1) is 19.5. The molecule has 3 N–H and O–H groups in total. The molecule has 0 radical (unpaired) electrons. The molecule has 2 aliphatic heterocycles. The Kier molecular flexibility index (Phi) is 8.28. The Labute approximate surface area is 246 Å². The van der Waals surface area contributed by atoms with Crippen LogP contribution in [0.5, 0.6) is 5.75 Å². The lowest BCUT2D eigenvalue weighted by atomic mass is 9.86. The number of sulfone groups is 1. The Hall–Kier alpha value is -3.57. The van der Waals surface area contributed by atoms with Crippen molar-refractivity contribution in [3.63, 3.8) is 0 Å². The van der Waals surface area contributed by atoms with Crippen molar-refractivity contribution in [2.75, 3.05) is 23.7 Å². The first kappa shape index (κ1) is 28.9. The van der Waals surface area contributed by atoms with Crippen LogP contribution in [0.3, 0.4) is 0 Å². The van der Waals surface area contributed by atoms with E-state index in [0.717, 1.165) is 48.9 Å². The van der Waals surface area contributed by atoms with E-state index in [1.54, 1.807) is 38.1 Å². The highest BCUT2D eigenvalue weighted by molar-refractivity contribution is 7.92. The van der Waals surface area contributed by atoms with Crippen molar-refractivity contribution in [1.29, 1.82) is 0 Å². The van der Waals surface area contributed by atoms with Crippen molar-refractivity contribution in [3.8, 4) is 5.75 Å². The standard InChI is InChI=1S/C29H36ClN7O3S/c1-17(2)40-25-15-21(20-10-12-37(13-11-20)29-35-36-29)19(5)14-24(25)33-28-31-16-22(30)27(34-28)32-23-8-6-7-9-26(23)41(38,39)18(3)4/h6-9,14-18,20H,10-13H2,1-5H3,(H,35,36)(H2,31,32,33,34). The fraction of sp³-hybridized carbons (Fsp3) is 0.414. The molecule has 0 bridgehead atoms. The molecule has 0 amide bonds. The summed E-state index contributed by atoms with van der Waals surface area (Å²) >= 11 is 6.44. The molecule has 10 nitrogen and oxygen atoms in total. The molecule has 0 saturated carbocycles. The molecule has 1 fully saturated rings. The number of rotatable bonds is 9. The lowest BCUT2D eigenvalue weighted by molar-refractivity contribution is 0.243. The van der Waals surface area contributed by atoms with E-state index in [2.05, 4.69) is 55.1 Å². The Bertz CT molecular complexity index is 1570. The molecule has 1 aromatic heterocycles. The summed E-state index contributed by atoms with van der Waals surface area (Å²) in [4.78, 5) is 11.4. The first-order valence-corrected chi connectivity index (χ1v) is 15.7. The average molecular weight is 598 g/mol. The van der Waals surface area contributed by atoms with Crippen LogP contribution in [0.1, 0.15) is 57.6 Å². The average Bonchev–Trinajstić information content (AvgIpc) is 3.78. The topological polar surface area (TPSA) is 131 Å². The van der Waals surface area contributed by atoms with Gasteiger partial charge in [-0.2, -0.15) is 4.98 Å². The van der Waals surface area contributed by atoms with Crippen molar-refractivity contribution in [2.24, 2.45) is 5.10 Å². The van der Waals surface area contributed by atoms with Gasteiger partial charge in [-0.3, -0.25) is 0 Å². The maximum absolute atomic E-state index is 12.9. The van der Waals surface area contributed by atoms with Gasteiger partial charge in [-0.1, -0.05) is 23.7 Å². The van der Waals surface area contributed by atoms with E-state index in [1.807, 2.05) is 13.8 Å². The van der Waals surface area contributed by atoms with Crippen molar-refractivity contribution in [3.05, 3.63) is 58.7 Å². The predicted molar refractivity (Wildman–Crippen MR) is 163 cm³/mol. The monoisotopic (exact) mass is 597 g/mol. The van der Waals surface area contributed by atoms with E-state index >= 15 is 0 Å². The van der Waals surface area contributed by atoms with E-state index in [9.17, 15) is 8.42 Å². The summed E-state index contributed by atoms with van der Waals surface area (Å²) in [5, 5.41) is 10.2. The number of hydrazone groups is 1. The molecule has 0 unspecified atom stereocenters. The Balaban J connectivity index is 1.41. The van der Waals surface area contributed by atoms with Crippen LogP contribution < -0.4 is 20.8 Å². The number of hydrogen-bond acceptors (Lipinski definition) is 10. The molecule has 0 atom stereocenters. The highest BCUT2D eigenvalue weighted by atomic mass is 35.5. The predicted octanol–water partition coefficient (Wildman–Crippen LogP) is 5.95. The number of nitrogens with zero attached hydrogens (tertiary/aromatic N) is 4. The van der Waals surface area contributed by atoms with E-state index in [4.69, 9.17) is 16.3 Å². The lowest BCUT2D eigenvalue weighted by Gasteiger charge is -2.31. The zero-order valence-electron chi connectivity index (χ0n) is 23.9. The molecule has 3 aromatic rings. The molecule has 0 aliphatic carbocycles. The number of aryl methyl sites for hydroxylation is 1. The van der Waals surface area contributed by atoms with Crippen molar-refractivity contribution >= 4 is 50.5 Å². The van der Waals surface area contributed by atoms with Gasteiger partial charge in [0.05, 0.1) is 33.8 Å². The summed E-state index contributed by atoms with van der Waals surface area (Å²) < 4.78 is 32.1. The number of para-hydroxylation sites is 1. The molecule has 3 heterocycles. The Morgan fingerprint density at radius 2 is 1.78 bits per heavy atom. The van der Waals surface area contributed by atoms with Crippen LogP contribution in [0.25, 0.3) is 0 Å². The largest absolute Gasteiger partial charge is 0.489 e. The number of likely N-dealkylation sites (tertiary alicyclic amines) is 1. The van der Waals surface area contributed by atoms with Gasteiger partial charge in [-0.15, -0.1) is 5.10 Å². The minimum atomic E-state index is -3.53. The van der Waals surface area contributed by atoms with E-state index in [0.29, 0.717) is 17.6 Å². The summed E-state index contributed by atoms with van der Waals surface area (Å²) in [6.45, 7) is 11.3. The van der Waals surface area contributed by atoms with Crippen LogP contribution in [0.4, 0.5) is 23.1 Å². The zero-order chi connectivity index (χ0) is 29.3. The molecular formula is C29H36ClN7O3S. The van der Waals surface area contributed by atoms with Crippen LogP contribution in [0.2, 0.25) is 5.02 Å². The fourth-order valence-corrected chi connectivity index (χ4v) is 6.34. The smallest absolute Gasteiger partial charge is 0.237 e. The number of nitrogens with one attached hydrogen (secondary N) is 3. The van der Waals surface area contributed by atoms with Gasteiger partial charge in [0, 0.05) is 13.1 Å². The summed E-state index contributed by atoms with van der Waals surface area (Å²) in [7, 11) is -3.53. The number of piperidine rings is 1. The van der Waals surface area contributed by atoms with Crippen LogP contribution in [-0.2, 0) is 9.84 Å². The van der Waals surface area contributed by atoms with Gasteiger partial charge < -0.3 is 20.3 Å². The van der Waals surface area contributed by atoms with Crippen molar-refractivity contribution in [1.82, 2.24) is 20.3 Å². The summed E-state index contributed by atoms with van der Waals surface area (Å²) in [6.07, 6.45) is 3.53. The second kappa shape index (κ2) is 11.7. The molecule has 1 saturated heterocycles. The SMILES string of the molecule is Cc1cc(Nc2ncc(Cl)c(Nc3ccccc3S(=O)(=O)C(C)C)n2)c(OC(C)C)cc1C1CCN(C2=NN2)CC1. The molecule has 12 heteroatoms. The molecule has 218 valence electrons. The van der Waals surface area contributed by atoms with Crippen LogP contribution in [-0.4, -0.2) is 53.7 Å². The third-order valence-electron chi connectivity index (χ3n) is 7.23. The highest BCUT2D eigenvalue weighted by Crippen LogP contribution is 2.38. The van der Waals surface area contributed by atoms with Gasteiger partial charge in [-0.05, 0) is 88.8 Å². The third-order valence-corrected chi connectivity index (χ3v) is 9.72. The van der Waals surface area contributed by atoms with Gasteiger partial charge in [-0.25, -0.2) is 18.8 Å². The van der Waals surface area contributed by atoms with Gasteiger partial charge >= 0.3 is 0 Å².